The molecule has 0 saturated carbocycles. The van der Waals surface area contributed by atoms with Crippen molar-refractivity contribution in [2.75, 3.05) is 13.6 Å². The van der Waals surface area contributed by atoms with Crippen molar-refractivity contribution in [3.05, 3.63) is 0 Å². The van der Waals surface area contributed by atoms with Gasteiger partial charge in [-0.3, -0.25) is 4.79 Å². The lowest BCUT2D eigenvalue weighted by Crippen LogP contribution is -2.29. The van der Waals surface area contributed by atoms with Gasteiger partial charge in [-0.15, -0.1) is 0 Å². The first-order valence-corrected chi connectivity index (χ1v) is 3.56. The fourth-order valence-electron chi connectivity index (χ4n) is 1.42. The molecule has 0 aromatic carbocycles. The highest BCUT2D eigenvalue weighted by Crippen LogP contribution is 2.21. The Balaban J connectivity index is 2.57. The van der Waals surface area contributed by atoms with Crippen LogP contribution in [0.5, 0.6) is 0 Å². The summed E-state index contributed by atoms with van der Waals surface area (Å²) in [6.45, 7) is 2.88. The van der Waals surface area contributed by atoms with Crippen LogP contribution in [0.1, 0.15) is 13.3 Å². The Morgan fingerprint density at radius 2 is 2.30 bits per heavy atom. The molecular weight excluding hydrogens is 130 g/mol. The first-order valence-electron chi connectivity index (χ1n) is 3.56. The van der Waals surface area contributed by atoms with Crippen LogP contribution in [0, 0.1) is 5.92 Å². The molecule has 0 aromatic heterocycles. The molecule has 58 valence electrons. The van der Waals surface area contributed by atoms with Crippen molar-refractivity contribution in [2.24, 2.45) is 5.92 Å². The number of hydrogen-bond acceptors (Lipinski definition) is 2. The minimum atomic E-state index is -0.656. The number of carbonyl (C=O) groups is 1. The summed E-state index contributed by atoms with van der Waals surface area (Å²) < 4.78 is 0. The van der Waals surface area contributed by atoms with Gasteiger partial charge in [0, 0.05) is 6.04 Å². The van der Waals surface area contributed by atoms with E-state index in [0.29, 0.717) is 0 Å². The average Bonchev–Trinajstić information content (AvgIpc) is 2.14. The highest BCUT2D eigenvalue weighted by molar-refractivity contribution is 5.71. The third-order valence-corrected chi connectivity index (χ3v) is 2.39. The van der Waals surface area contributed by atoms with Gasteiger partial charge in [0.25, 0.3) is 0 Å². The molecule has 1 saturated heterocycles. The second kappa shape index (κ2) is 2.58. The molecule has 0 aromatic rings. The van der Waals surface area contributed by atoms with Crippen LogP contribution < -0.4 is 0 Å². The maximum atomic E-state index is 10.5. The third kappa shape index (κ3) is 1.14. The van der Waals surface area contributed by atoms with Crippen molar-refractivity contribution in [3.63, 3.8) is 0 Å². The topological polar surface area (TPSA) is 40.5 Å². The van der Waals surface area contributed by atoms with Gasteiger partial charge in [-0.2, -0.15) is 0 Å². The number of aliphatic carboxylic acids is 1. The van der Waals surface area contributed by atoms with E-state index in [1.54, 1.807) is 0 Å². The average molecular weight is 143 g/mol. The van der Waals surface area contributed by atoms with Gasteiger partial charge >= 0.3 is 5.97 Å². The van der Waals surface area contributed by atoms with Crippen LogP contribution in [0.4, 0.5) is 0 Å². The molecule has 0 amide bonds. The van der Waals surface area contributed by atoms with Gasteiger partial charge in [0.2, 0.25) is 0 Å². The quantitative estimate of drug-likeness (QED) is 0.578. The molecule has 3 heteroatoms. The summed E-state index contributed by atoms with van der Waals surface area (Å²) in [7, 11) is 1.97. The molecule has 2 unspecified atom stereocenters. The Morgan fingerprint density at radius 3 is 2.50 bits per heavy atom. The van der Waals surface area contributed by atoms with Crippen molar-refractivity contribution in [2.45, 2.75) is 19.4 Å². The monoisotopic (exact) mass is 143 g/mol. The summed E-state index contributed by atoms with van der Waals surface area (Å²) in [5.74, 6) is -0.804. The Labute approximate surface area is 60.6 Å². The second-order valence-electron chi connectivity index (χ2n) is 2.95. The highest BCUT2D eigenvalue weighted by Gasteiger charge is 2.32. The molecular formula is C7H13NO2. The molecule has 2 atom stereocenters. The van der Waals surface area contributed by atoms with Gasteiger partial charge in [0.15, 0.2) is 0 Å². The summed E-state index contributed by atoms with van der Waals surface area (Å²) in [5.41, 5.74) is 0. The van der Waals surface area contributed by atoms with E-state index < -0.39 is 5.97 Å². The fourth-order valence-corrected chi connectivity index (χ4v) is 1.42. The molecule has 0 spiro atoms. The zero-order valence-electron chi connectivity index (χ0n) is 6.37. The molecule has 1 aliphatic heterocycles. The minimum absolute atomic E-state index is 0.148. The summed E-state index contributed by atoms with van der Waals surface area (Å²) in [6.07, 6.45) is 0.799. The summed E-state index contributed by atoms with van der Waals surface area (Å²) in [6, 6.07) is 0.206. The zero-order chi connectivity index (χ0) is 7.72. The summed E-state index contributed by atoms with van der Waals surface area (Å²) in [5, 5.41) is 8.67. The molecule has 1 N–H and O–H groups in total. The Bertz CT molecular complexity index is 147. The van der Waals surface area contributed by atoms with Gasteiger partial charge in [-0.05, 0) is 26.9 Å². The predicted molar refractivity (Wildman–Crippen MR) is 37.8 cm³/mol. The minimum Gasteiger partial charge on any atom is -0.481 e. The molecule has 1 heterocycles. The standard InChI is InChI=1S/C7H13NO2/c1-5-6(7(9)10)3-4-8(5)2/h5-6H,3-4H2,1-2H3,(H,9,10). The molecule has 10 heavy (non-hydrogen) atoms. The van der Waals surface area contributed by atoms with Crippen molar-refractivity contribution < 1.29 is 9.90 Å². The number of nitrogens with zero attached hydrogens (tertiary/aromatic N) is 1. The van der Waals surface area contributed by atoms with Crippen LogP contribution in [-0.4, -0.2) is 35.6 Å². The van der Waals surface area contributed by atoms with Crippen LogP contribution in [0.25, 0.3) is 0 Å². The van der Waals surface area contributed by atoms with E-state index in [1.165, 1.54) is 0 Å². The van der Waals surface area contributed by atoms with E-state index >= 15 is 0 Å². The van der Waals surface area contributed by atoms with E-state index in [0.717, 1.165) is 13.0 Å². The van der Waals surface area contributed by atoms with E-state index in [9.17, 15) is 4.79 Å². The van der Waals surface area contributed by atoms with Gasteiger partial charge in [0.05, 0.1) is 5.92 Å². The highest BCUT2D eigenvalue weighted by atomic mass is 16.4. The van der Waals surface area contributed by atoms with Crippen molar-refractivity contribution in [1.82, 2.24) is 4.90 Å². The van der Waals surface area contributed by atoms with Crippen LogP contribution in [0.2, 0.25) is 0 Å². The molecule has 0 radical (unpaired) electrons. The predicted octanol–water partition coefficient (Wildman–Crippen LogP) is 0.411. The Morgan fingerprint density at radius 1 is 1.70 bits per heavy atom. The molecule has 1 rings (SSSR count). The lowest BCUT2D eigenvalue weighted by molar-refractivity contribution is -0.142. The second-order valence-corrected chi connectivity index (χ2v) is 2.95. The molecule has 1 fully saturated rings. The van der Waals surface area contributed by atoms with Gasteiger partial charge < -0.3 is 10.0 Å². The van der Waals surface area contributed by atoms with E-state index in [2.05, 4.69) is 4.90 Å². The first kappa shape index (κ1) is 7.54. The molecule has 0 bridgehead atoms. The number of carboxylic acid groups (broad SMARTS) is 1. The maximum Gasteiger partial charge on any atom is 0.308 e. The number of likely N-dealkylation sites (tertiary alicyclic amines) is 1. The largest absolute Gasteiger partial charge is 0.481 e. The Kier molecular flexibility index (Phi) is 1.94. The zero-order valence-corrected chi connectivity index (χ0v) is 6.37. The lowest BCUT2D eigenvalue weighted by Gasteiger charge is -2.16. The third-order valence-electron chi connectivity index (χ3n) is 2.39. The lowest BCUT2D eigenvalue weighted by atomic mass is 10.0. The van der Waals surface area contributed by atoms with E-state index in [-0.39, 0.29) is 12.0 Å². The maximum absolute atomic E-state index is 10.5. The van der Waals surface area contributed by atoms with Gasteiger partial charge in [0.1, 0.15) is 0 Å². The Hall–Kier alpha value is -0.570. The van der Waals surface area contributed by atoms with Crippen LogP contribution in [0.15, 0.2) is 0 Å². The van der Waals surface area contributed by atoms with Crippen LogP contribution >= 0.6 is 0 Å². The van der Waals surface area contributed by atoms with Crippen molar-refractivity contribution in [3.8, 4) is 0 Å². The van der Waals surface area contributed by atoms with Crippen molar-refractivity contribution >= 4 is 5.97 Å². The van der Waals surface area contributed by atoms with Crippen LogP contribution in [0.3, 0.4) is 0 Å². The summed E-state index contributed by atoms with van der Waals surface area (Å²) >= 11 is 0. The molecule has 0 aliphatic carbocycles. The number of carboxylic acids is 1. The van der Waals surface area contributed by atoms with Crippen molar-refractivity contribution in [1.29, 1.82) is 0 Å². The SMILES string of the molecule is CC1C(C(=O)O)CCN1C. The smallest absolute Gasteiger partial charge is 0.308 e. The van der Waals surface area contributed by atoms with E-state index in [1.807, 2.05) is 14.0 Å². The molecule has 3 nitrogen and oxygen atoms in total. The number of hydrogen-bond donors (Lipinski definition) is 1. The first-order chi connectivity index (χ1) is 4.63. The number of rotatable bonds is 1. The van der Waals surface area contributed by atoms with Gasteiger partial charge in [-0.25, -0.2) is 0 Å². The molecule has 1 aliphatic rings. The fraction of sp³-hybridized carbons (Fsp3) is 0.857. The summed E-state index contributed by atoms with van der Waals surface area (Å²) in [4.78, 5) is 12.6. The van der Waals surface area contributed by atoms with Gasteiger partial charge in [-0.1, -0.05) is 0 Å². The van der Waals surface area contributed by atoms with Crippen LogP contribution in [-0.2, 0) is 4.79 Å². The van der Waals surface area contributed by atoms with E-state index in [4.69, 9.17) is 5.11 Å². The normalized spacial score (nSPS) is 34.6.